The van der Waals surface area contributed by atoms with Crippen LogP contribution in [0, 0.1) is 11.3 Å². The summed E-state index contributed by atoms with van der Waals surface area (Å²) in [4.78, 5) is 22.9. The maximum absolute atomic E-state index is 11.5. The van der Waals surface area contributed by atoms with E-state index in [4.69, 9.17) is 9.72 Å². The zero-order chi connectivity index (χ0) is 22.1. The van der Waals surface area contributed by atoms with Gasteiger partial charge in [-0.2, -0.15) is 0 Å². The Kier molecular flexibility index (Phi) is 5.76. The zero-order valence-corrected chi connectivity index (χ0v) is 18.7. The van der Waals surface area contributed by atoms with E-state index < -0.39 is 5.97 Å². The van der Waals surface area contributed by atoms with Gasteiger partial charge >= 0.3 is 5.97 Å². The van der Waals surface area contributed by atoms with E-state index in [1.54, 1.807) is 13.3 Å². The average Bonchev–Trinajstić information content (AvgIpc) is 2.75. The second-order valence-electron chi connectivity index (χ2n) is 9.81. The molecule has 2 aromatic heterocycles. The first kappa shape index (κ1) is 21.2. The van der Waals surface area contributed by atoms with Crippen molar-refractivity contribution in [3.8, 4) is 5.88 Å². The molecule has 0 bridgehead atoms. The summed E-state index contributed by atoms with van der Waals surface area (Å²) >= 11 is 0. The number of methoxy groups -OCH3 is 1. The van der Waals surface area contributed by atoms with Gasteiger partial charge in [0.1, 0.15) is 5.82 Å². The molecule has 1 atom stereocenters. The van der Waals surface area contributed by atoms with Crippen molar-refractivity contribution in [3.63, 3.8) is 0 Å². The van der Waals surface area contributed by atoms with Gasteiger partial charge in [-0.05, 0) is 67.1 Å². The third kappa shape index (κ3) is 4.31. The summed E-state index contributed by atoms with van der Waals surface area (Å²) in [6.45, 7) is 2.99. The SMILES string of the molecule is COc1ccc(C(CC(=O)O)N2CC3(CC(CCc4ccc5c(n4)NCCC5)C3)C2)cn1. The number of rotatable bonds is 8. The maximum atomic E-state index is 11.5. The Balaban J connectivity index is 1.13. The Morgan fingerprint density at radius 3 is 2.88 bits per heavy atom. The number of hydrogen-bond acceptors (Lipinski definition) is 6. The summed E-state index contributed by atoms with van der Waals surface area (Å²) in [5.41, 5.74) is 3.88. The van der Waals surface area contributed by atoms with Gasteiger partial charge in [0.25, 0.3) is 0 Å². The van der Waals surface area contributed by atoms with Crippen LogP contribution in [0.5, 0.6) is 5.88 Å². The van der Waals surface area contributed by atoms with E-state index in [1.165, 1.54) is 36.9 Å². The molecule has 2 aliphatic heterocycles. The van der Waals surface area contributed by atoms with Gasteiger partial charge in [0.15, 0.2) is 0 Å². The van der Waals surface area contributed by atoms with E-state index in [2.05, 4.69) is 27.3 Å². The van der Waals surface area contributed by atoms with Gasteiger partial charge in [-0.1, -0.05) is 12.1 Å². The number of carboxylic acids is 1. The lowest BCUT2D eigenvalue weighted by Gasteiger charge is -2.61. The highest BCUT2D eigenvalue weighted by Crippen LogP contribution is 2.55. The minimum Gasteiger partial charge on any atom is -0.481 e. The molecule has 0 radical (unpaired) electrons. The predicted molar refractivity (Wildman–Crippen MR) is 122 cm³/mol. The van der Waals surface area contributed by atoms with E-state index in [0.29, 0.717) is 11.3 Å². The molecule has 1 spiro atoms. The second-order valence-corrected chi connectivity index (χ2v) is 9.81. The van der Waals surface area contributed by atoms with E-state index in [9.17, 15) is 9.90 Å². The summed E-state index contributed by atoms with van der Waals surface area (Å²) in [5, 5.41) is 12.9. The lowest BCUT2D eigenvalue weighted by atomic mass is 9.56. The van der Waals surface area contributed by atoms with Gasteiger partial charge in [0, 0.05) is 43.6 Å². The third-order valence-corrected chi connectivity index (χ3v) is 7.44. The number of carboxylic acid groups (broad SMARTS) is 1. The number of ether oxygens (including phenoxy) is 1. The number of aliphatic carboxylic acids is 1. The number of aryl methyl sites for hydroxylation is 2. The van der Waals surface area contributed by atoms with Crippen molar-refractivity contribution >= 4 is 11.8 Å². The minimum atomic E-state index is -0.773. The topological polar surface area (TPSA) is 87.6 Å². The number of hydrogen-bond donors (Lipinski definition) is 2. The number of carbonyl (C=O) groups is 1. The van der Waals surface area contributed by atoms with Gasteiger partial charge in [-0.25, -0.2) is 9.97 Å². The summed E-state index contributed by atoms with van der Waals surface area (Å²) in [6, 6.07) is 8.07. The Hall–Kier alpha value is -2.67. The number of nitrogens with one attached hydrogen (secondary N) is 1. The number of anilines is 1. The van der Waals surface area contributed by atoms with Crippen LogP contribution in [0.2, 0.25) is 0 Å². The second kappa shape index (κ2) is 8.70. The van der Waals surface area contributed by atoms with Crippen molar-refractivity contribution in [2.24, 2.45) is 11.3 Å². The van der Waals surface area contributed by atoms with Gasteiger partial charge < -0.3 is 15.2 Å². The molecule has 170 valence electrons. The monoisotopic (exact) mass is 436 g/mol. The van der Waals surface area contributed by atoms with Gasteiger partial charge in [-0.15, -0.1) is 0 Å². The summed E-state index contributed by atoms with van der Waals surface area (Å²) in [6.07, 6.45) is 8.89. The highest BCUT2D eigenvalue weighted by atomic mass is 16.5. The number of aromatic nitrogens is 2. The number of nitrogens with zero attached hydrogens (tertiary/aromatic N) is 3. The molecule has 5 rings (SSSR count). The molecule has 1 aliphatic carbocycles. The fraction of sp³-hybridized carbons (Fsp3) is 0.560. The lowest BCUT2D eigenvalue weighted by Crippen LogP contribution is -2.63. The quantitative estimate of drug-likeness (QED) is 0.652. The van der Waals surface area contributed by atoms with Crippen LogP contribution in [0.15, 0.2) is 30.5 Å². The van der Waals surface area contributed by atoms with Crippen molar-refractivity contribution in [1.82, 2.24) is 14.9 Å². The first-order valence-corrected chi connectivity index (χ1v) is 11.7. The molecule has 4 heterocycles. The fourth-order valence-electron chi connectivity index (χ4n) is 5.86. The lowest BCUT2D eigenvalue weighted by molar-refractivity contribution is -0.145. The molecule has 0 amide bonds. The fourth-order valence-corrected chi connectivity index (χ4v) is 5.86. The summed E-state index contributed by atoms with van der Waals surface area (Å²) in [7, 11) is 1.58. The number of pyridine rings is 2. The van der Waals surface area contributed by atoms with E-state index >= 15 is 0 Å². The standard InChI is InChI=1S/C25H32N4O3/c1-32-22-9-6-19(14-27-22)21(11-23(30)31)29-15-25(16-29)12-17(13-25)4-7-20-8-5-18-3-2-10-26-24(18)28-20/h5-6,8-9,14,17,21H,2-4,7,10-13,15-16H2,1H3,(H,26,28)(H,30,31). The molecule has 2 N–H and O–H groups in total. The molecule has 7 heteroatoms. The Morgan fingerprint density at radius 1 is 1.31 bits per heavy atom. The molecular formula is C25H32N4O3. The first-order valence-electron chi connectivity index (χ1n) is 11.7. The van der Waals surface area contributed by atoms with Crippen molar-refractivity contribution in [2.75, 3.05) is 32.1 Å². The Labute approximate surface area is 189 Å². The predicted octanol–water partition coefficient (Wildman–Crippen LogP) is 3.70. The molecule has 32 heavy (non-hydrogen) atoms. The molecule has 1 unspecified atom stereocenters. The van der Waals surface area contributed by atoms with Crippen molar-refractivity contribution < 1.29 is 14.6 Å². The zero-order valence-electron chi connectivity index (χ0n) is 18.7. The smallest absolute Gasteiger partial charge is 0.305 e. The first-order chi connectivity index (χ1) is 15.5. The van der Waals surface area contributed by atoms with Crippen LogP contribution in [0.3, 0.4) is 0 Å². The van der Waals surface area contributed by atoms with Crippen LogP contribution >= 0.6 is 0 Å². The van der Waals surface area contributed by atoms with E-state index in [-0.39, 0.29) is 12.5 Å². The molecular weight excluding hydrogens is 404 g/mol. The van der Waals surface area contributed by atoms with Gasteiger partial charge in [0.05, 0.1) is 13.5 Å². The highest BCUT2D eigenvalue weighted by Gasteiger charge is 2.53. The van der Waals surface area contributed by atoms with Gasteiger partial charge in [-0.3, -0.25) is 9.69 Å². The van der Waals surface area contributed by atoms with Crippen LogP contribution in [0.4, 0.5) is 5.82 Å². The molecule has 1 saturated carbocycles. The minimum absolute atomic E-state index is 0.103. The van der Waals surface area contributed by atoms with Crippen LogP contribution in [0.1, 0.15) is 55.0 Å². The highest BCUT2D eigenvalue weighted by molar-refractivity contribution is 5.68. The van der Waals surface area contributed by atoms with Gasteiger partial charge in [0.2, 0.25) is 5.88 Å². The van der Waals surface area contributed by atoms with Crippen LogP contribution in [0.25, 0.3) is 0 Å². The van der Waals surface area contributed by atoms with Crippen molar-refractivity contribution in [2.45, 2.75) is 51.0 Å². The van der Waals surface area contributed by atoms with E-state index in [0.717, 1.165) is 49.8 Å². The molecule has 3 aliphatic rings. The third-order valence-electron chi connectivity index (χ3n) is 7.44. The molecule has 2 fully saturated rings. The number of fused-ring (bicyclic) bond motifs is 1. The van der Waals surface area contributed by atoms with Crippen molar-refractivity contribution in [3.05, 3.63) is 47.3 Å². The summed E-state index contributed by atoms with van der Waals surface area (Å²) < 4.78 is 5.14. The number of likely N-dealkylation sites (tertiary alicyclic amines) is 1. The summed E-state index contributed by atoms with van der Waals surface area (Å²) in [5.74, 6) is 1.62. The van der Waals surface area contributed by atoms with Crippen molar-refractivity contribution in [1.29, 1.82) is 0 Å². The molecule has 0 aromatic carbocycles. The van der Waals surface area contributed by atoms with E-state index in [1.807, 2.05) is 12.1 Å². The Bertz CT molecular complexity index is 964. The molecule has 2 aromatic rings. The van der Waals surface area contributed by atoms with Crippen LogP contribution in [-0.4, -0.2) is 52.7 Å². The largest absolute Gasteiger partial charge is 0.481 e. The molecule has 7 nitrogen and oxygen atoms in total. The average molecular weight is 437 g/mol. The normalized spacial score (nSPS) is 20.5. The van der Waals surface area contributed by atoms with Crippen LogP contribution < -0.4 is 10.1 Å². The molecule has 1 saturated heterocycles. The van der Waals surface area contributed by atoms with Crippen LogP contribution in [-0.2, 0) is 17.6 Å². The Morgan fingerprint density at radius 2 is 2.16 bits per heavy atom. The maximum Gasteiger partial charge on any atom is 0.305 e.